The van der Waals surface area contributed by atoms with Crippen molar-refractivity contribution in [3.8, 4) is 11.3 Å². The molecule has 25 heavy (non-hydrogen) atoms. The predicted octanol–water partition coefficient (Wildman–Crippen LogP) is 3.15. The summed E-state index contributed by atoms with van der Waals surface area (Å²) in [6.07, 6.45) is 5.39. The number of halogens is 1. The monoisotopic (exact) mass is 358 g/mol. The van der Waals surface area contributed by atoms with Crippen LogP contribution in [0.5, 0.6) is 0 Å². The molecule has 0 spiro atoms. The van der Waals surface area contributed by atoms with Crippen LogP contribution < -0.4 is 5.56 Å². The van der Waals surface area contributed by atoms with Crippen LogP contribution in [0, 0.1) is 5.82 Å². The summed E-state index contributed by atoms with van der Waals surface area (Å²) in [5, 5.41) is 0. The minimum atomic E-state index is -0.295. The number of aromatic nitrogens is 3. The van der Waals surface area contributed by atoms with Gasteiger partial charge in [0, 0.05) is 18.7 Å². The van der Waals surface area contributed by atoms with Crippen LogP contribution in [0.15, 0.2) is 35.4 Å². The first-order valence-corrected chi connectivity index (χ1v) is 9.33. The molecule has 1 fully saturated rings. The van der Waals surface area contributed by atoms with E-state index in [1.54, 1.807) is 23.0 Å². The second kappa shape index (κ2) is 7.01. The van der Waals surface area contributed by atoms with Crippen molar-refractivity contribution in [1.82, 2.24) is 18.8 Å². The van der Waals surface area contributed by atoms with E-state index in [-0.39, 0.29) is 11.4 Å². The van der Waals surface area contributed by atoms with E-state index in [1.165, 1.54) is 31.4 Å². The molecule has 2 aromatic heterocycles. The first-order valence-electron chi connectivity index (χ1n) is 8.55. The molecule has 4 rings (SSSR count). The van der Waals surface area contributed by atoms with Crippen molar-refractivity contribution in [2.24, 2.45) is 0 Å². The van der Waals surface area contributed by atoms with Crippen molar-refractivity contribution in [3.05, 3.63) is 46.8 Å². The van der Waals surface area contributed by atoms with Gasteiger partial charge in [-0.25, -0.2) is 9.37 Å². The quantitative estimate of drug-likeness (QED) is 0.719. The van der Waals surface area contributed by atoms with Crippen LogP contribution in [0.3, 0.4) is 0 Å². The average Bonchev–Trinajstić information content (AvgIpc) is 3.08. The molecule has 130 valence electrons. The van der Waals surface area contributed by atoms with Crippen LogP contribution in [0.1, 0.15) is 19.3 Å². The maximum Gasteiger partial charge on any atom is 0.272 e. The maximum absolute atomic E-state index is 13.1. The fraction of sp³-hybridized carbons (Fsp3) is 0.389. The SMILES string of the molecule is O=c1c2snc(-c3ccc(F)cc3)c2ncn1CCN1CCCCC1. The Morgan fingerprint density at radius 3 is 2.60 bits per heavy atom. The highest BCUT2D eigenvalue weighted by atomic mass is 32.1. The summed E-state index contributed by atoms with van der Waals surface area (Å²) in [6, 6.07) is 6.10. The number of rotatable bonds is 4. The molecule has 0 atom stereocenters. The number of likely N-dealkylation sites (tertiary alicyclic amines) is 1. The molecule has 0 aliphatic carbocycles. The third-order valence-electron chi connectivity index (χ3n) is 4.67. The first-order chi connectivity index (χ1) is 12.2. The number of fused-ring (bicyclic) bond motifs is 1. The van der Waals surface area contributed by atoms with Crippen LogP contribution in [0.25, 0.3) is 21.5 Å². The zero-order chi connectivity index (χ0) is 17.2. The second-order valence-corrected chi connectivity index (χ2v) is 7.13. The molecule has 0 radical (unpaired) electrons. The third kappa shape index (κ3) is 3.34. The van der Waals surface area contributed by atoms with Gasteiger partial charge in [-0.1, -0.05) is 6.42 Å². The van der Waals surface area contributed by atoms with Crippen LogP contribution in [-0.2, 0) is 6.54 Å². The Morgan fingerprint density at radius 2 is 1.84 bits per heavy atom. The average molecular weight is 358 g/mol. The van der Waals surface area contributed by atoms with Crippen LogP contribution >= 0.6 is 11.5 Å². The zero-order valence-corrected chi connectivity index (χ0v) is 14.6. The highest BCUT2D eigenvalue weighted by Crippen LogP contribution is 2.27. The van der Waals surface area contributed by atoms with Gasteiger partial charge in [-0.05, 0) is 61.7 Å². The largest absolute Gasteiger partial charge is 0.302 e. The minimum Gasteiger partial charge on any atom is -0.302 e. The molecule has 0 N–H and O–H groups in total. The number of hydrogen-bond acceptors (Lipinski definition) is 5. The molecular formula is C18H19FN4OS. The van der Waals surface area contributed by atoms with Gasteiger partial charge in [0.05, 0.1) is 6.33 Å². The lowest BCUT2D eigenvalue weighted by atomic mass is 10.1. The topological polar surface area (TPSA) is 51.0 Å². The lowest BCUT2D eigenvalue weighted by Crippen LogP contribution is -2.34. The number of benzene rings is 1. The Kier molecular flexibility index (Phi) is 4.59. The zero-order valence-electron chi connectivity index (χ0n) is 13.8. The number of hydrogen-bond donors (Lipinski definition) is 0. The van der Waals surface area contributed by atoms with Gasteiger partial charge in [0.1, 0.15) is 21.7 Å². The summed E-state index contributed by atoms with van der Waals surface area (Å²) < 4.78 is 19.7. The van der Waals surface area contributed by atoms with Crippen molar-refractivity contribution in [2.75, 3.05) is 19.6 Å². The summed E-state index contributed by atoms with van der Waals surface area (Å²) in [6.45, 7) is 3.74. The normalized spacial score (nSPS) is 15.7. The molecule has 0 saturated carbocycles. The van der Waals surface area contributed by atoms with Gasteiger partial charge in [-0.3, -0.25) is 9.36 Å². The lowest BCUT2D eigenvalue weighted by Gasteiger charge is -2.26. The summed E-state index contributed by atoms with van der Waals surface area (Å²) >= 11 is 1.16. The number of nitrogens with zero attached hydrogens (tertiary/aromatic N) is 4. The van der Waals surface area contributed by atoms with Gasteiger partial charge < -0.3 is 4.90 Å². The van der Waals surface area contributed by atoms with Crippen LogP contribution in [0.2, 0.25) is 0 Å². The summed E-state index contributed by atoms with van der Waals surface area (Å²) in [5.74, 6) is -0.295. The molecule has 1 aliphatic rings. The van der Waals surface area contributed by atoms with E-state index in [1.807, 2.05) is 0 Å². The smallest absolute Gasteiger partial charge is 0.272 e. The van der Waals surface area contributed by atoms with Gasteiger partial charge in [-0.15, -0.1) is 0 Å². The molecule has 3 aromatic rings. The van der Waals surface area contributed by atoms with Gasteiger partial charge in [0.25, 0.3) is 5.56 Å². The Morgan fingerprint density at radius 1 is 1.08 bits per heavy atom. The Bertz CT molecular complexity index is 928. The molecule has 0 bridgehead atoms. The molecule has 7 heteroatoms. The van der Waals surface area contributed by atoms with E-state index in [4.69, 9.17) is 0 Å². The van der Waals surface area contributed by atoms with E-state index in [9.17, 15) is 9.18 Å². The Hall–Kier alpha value is -2.12. The van der Waals surface area contributed by atoms with Crippen LogP contribution in [-0.4, -0.2) is 38.5 Å². The molecule has 3 heterocycles. The lowest BCUT2D eigenvalue weighted by molar-refractivity contribution is 0.220. The summed E-state index contributed by atoms with van der Waals surface area (Å²) in [7, 11) is 0. The van der Waals surface area contributed by atoms with Crippen molar-refractivity contribution in [2.45, 2.75) is 25.8 Å². The van der Waals surface area contributed by atoms with Crippen molar-refractivity contribution in [3.63, 3.8) is 0 Å². The van der Waals surface area contributed by atoms with Gasteiger partial charge in [0.15, 0.2) is 0 Å². The highest BCUT2D eigenvalue weighted by Gasteiger charge is 2.15. The maximum atomic E-state index is 13.1. The number of piperidine rings is 1. The van der Waals surface area contributed by atoms with E-state index in [2.05, 4.69) is 14.3 Å². The Balaban J connectivity index is 1.60. The van der Waals surface area contributed by atoms with Crippen molar-refractivity contribution in [1.29, 1.82) is 0 Å². The Labute approximate surface area is 148 Å². The first kappa shape index (κ1) is 16.4. The van der Waals surface area contributed by atoms with E-state index in [0.717, 1.165) is 36.7 Å². The highest BCUT2D eigenvalue weighted by molar-refractivity contribution is 7.13. The van der Waals surface area contributed by atoms with E-state index in [0.29, 0.717) is 22.5 Å². The fourth-order valence-corrected chi connectivity index (χ4v) is 4.05. The summed E-state index contributed by atoms with van der Waals surface area (Å²) in [4.78, 5) is 19.6. The minimum absolute atomic E-state index is 0.0483. The molecule has 0 unspecified atom stereocenters. The standard InChI is InChI=1S/C18H19FN4OS/c19-14-6-4-13(5-7-14)15-16-17(25-21-15)18(24)23(12-20-16)11-10-22-8-2-1-3-9-22/h4-7,12H,1-3,8-11H2. The molecule has 0 amide bonds. The van der Waals surface area contributed by atoms with E-state index >= 15 is 0 Å². The van der Waals surface area contributed by atoms with Gasteiger partial charge in [0.2, 0.25) is 0 Å². The van der Waals surface area contributed by atoms with Crippen molar-refractivity contribution >= 4 is 21.7 Å². The summed E-state index contributed by atoms with van der Waals surface area (Å²) in [5.41, 5.74) is 1.95. The van der Waals surface area contributed by atoms with Gasteiger partial charge >= 0.3 is 0 Å². The molecule has 1 aromatic carbocycles. The van der Waals surface area contributed by atoms with Crippen molar-refractivity contribution < 1.29 is 4.39 Å². The molecule has 5 nitrogen and oxygen atoms in total. The predicted molar refractivity (Wildman–Crippen MR) is 97.4 cm³/mol. The van der Waals surface area contributed by atoms with Gasteiger partial charge in [-0.2, -0.15) is 4.37 Å². The second-order valence-electron chi connectivity index (χ2n) is 6.36. The molecular weight excluding hydrogens is 339 g/mol. The third-order valence-corrected chi connectivity index (χ3v) is 5.50. The fourth-order valence-electron chi connectivity index (χ4n) is 3.24. The van der Waals surface area contributed by atoms with Crippen LogP contribution in [0.4, 0.5) is 4.39 Å². The molecule has 1 saturated heterocycles. The molecule has 1 aliphatic heterocycles. The van der Waals surface area contributed by atoms with E-state index < -0.39 is 0 Å².